The molecule has 5 aromatic rings. The molecule has 7 nitrogen and oxygen atoms in total. The fourth-order valence-corrected chi connectivity index (χ4v) is 4.63. The number of carbonyl (C=O) groups excluding carboxylic acids is 2. The van der Waals surface area contributed by atoms with Crippen LogP contribution in [-0.4, -0.2) is 34.0 Å². The number of aromatic nitrogens is 3. The van der Waals surface area contributed by atoms with Crippen LogP contribution >= 0.6 is 0 Å². The lowest BCUT2D eigenvalue weighted by atomic mass is 9.94. The van der Waals surface area contributed by atoms with Crippen LogP contribution < -0.4 is 11.1 Å². The summed E-state index contributed by atoms with van der Waals surface area (Å²) in [7, 11) is 1.71. The zero-order valence-electron chi connectivity index (χ0n) is 23.4. The molecule has 2 heterocycles. The van der Waals surface area contributed by atoms with Gasteiger partial charge in [-0.2, -0.15) is 5.10 Å². The van der Waals surface area contributed by atoms with Crippen molar-refractivity contribution in [2.24, 2.45) is 5.73 Å². The van der Waals surface area contributed by atoms with Crippen molar-refractivity contribution in [3.05, 3.63) is 118 Å². The molecule has 0 bridgehead atoms. The van der Waals surface area contributed by atoms with E-state index in [4.69, 9.17) is 5.73 Å². The van der Waals surface area contributed by atoms with Crippen LogP contribution in [0.15, 0.2) is 73.1 Å². The largest absolute Gasteiger partial charge is 0.366 e. The molecule has 5 rings (SSSR count). The number of benzene rings is 3. The molecular weight excluding hydrogens is 543 g/mol. The number of aryl methyl sites for hydroxylation is 2. The van der Waals surface area contributed by atoms with Crippen molar-refractivity contribution >= 4 is 23.1 Å². The number of primary amides is 1. The summed E-state index contributed by atoms with van der Waals surface area (Å²) in [6.07, 6.45) is 4.62. The summed E-state index contributed by atoms with van der Waals surface area (Å²) in [5.74, 6) is -2.89. The molecule has 0 spiro atoms. The fourth-order valence-electron chi connectivity index (χ4n) is 4.63. The van der Waals surface area contributed by atoms with Crippen LogP contribution in [-0.2, 0) is 17.8 Å². The van der Waals surface area contributed by atoms with Gasteiger partial charge < -0.3 is 15.8 Å². The summed E-state index contributed by atoms with van der Waals surface area (Å²) in [6.45, 7) is 4.46. The highest BCUT2D eigenvalue weighted by atomic mass is 19.1. The standard InChI is InChI=1S/C21H18F3N3O.C11H12N2O/c1-26-19(9-12-7-14(22)11-15(23)8-12)20-16(3-2-6-27-20)13-4-5-18(24)17(10-13)21(25)28;1-8-5-10-7-13(3-4-14)12-11(10)6-9(8)2/h2-8,10-11,19,26H,9H2,1H3,(H2,25,28);4-7H,3H2,1-2H3. The lowest BCUT2D eigenvalue weighted by molar-refractivity contribution is -0.108. The Balaban J connectivity index is 0.000000241. The molecule has 42 heavy (non-hydrogen) atoms. The number of fused-ring (bicyclic) bond motifs is 1. The van der Waals surface area contributed by atoms with Crippen LogP contribution in [0.4, 0.5) is 13.2 Å². The number of hydrogen-bond donors (Lipinski definition) is 2. The minimum Gasteiger partial charge on any atom is -0.366 e. The Hall–Kier alpha value is -4.83. The van der Waals surface area contributed by atoms with Gasteiger partial charge in [0.05, 0.1) is 29.4 Å². The second kappa shape index (κ2) is 13.2. The van der Waals surface area contributed by atoms with Crippen molar-refractivity contribution in [1.29, 1.82) is 0 Å². The zero-order chi connectivity index (χ0) is 30.4. The van der Waals surface area contributed by atoms with E-state index in [0.717, 1.165) is 23.3 Å². The second-order valence-corrected chi connectivity index (χ2v) is 9.83. The van der Waals surface area contributed by atoms with Gasteiger partial charge in [-0.05, 0) is 92.0 Å². The Morgan fingerprint density at radius 3 is 2.40 bits per heavy atom. The minimum absolute atomic E-state index is 0.222. The zero-order valence-corrected chi connectivity index (χ0v) is 23.4. The number of rotatable bonds is 8. The Morgan fingerprint density at radius 1 is 1.02 bits per heavy atom. The van der Waals surface area contributed by atoms with Gasteiger partial charge in [-0.3, -0.25) is 14.5 Å². The van der Waals surface area contributed by atoms with E-state index in [0.29, 0.717) is 28.9 Å². The van der Waals surface area contributed by atoms with E-state index in [1.54, 1.807) is 30.1 Å². The van der Waals surface area contributed by atoms with E-state index >= 15 is 0 Å². The first-order valence-electron chi connectivity index (χ1n) is 13.1. The Labute approximate surface area is 241 Å². The molecule has 1 amide bonds. The predicted molar refractivity (Wildman–Crippen MR) is 155 cm³/mol. The maximum atomic E-state index is 13.8. The highest BCUT2D eigenvalue weighted by Crippen LogP contribution is 2.30. The molecule has 0 saturated heterocycles. The number of amides is 1. The number of halogens is 3. The summed E-state index contributed by atoms with van der Waals surface area (Å²) in [5.41, 5.74) is 10.7. The molecule has 0 aliphatic carbocycles. The average molecular weight is 574 g/mol. The molecule has 0 aliphatic heterocycles. The second-order valence-electron chi connectivity index (χ2n) is 9.83. The molecular formula is C32H30F3N5O2. The van der Waals surface area contributed by atoms with E-state index in [-0.39, 0.29) is 18.0 Å². The number of aldehydes is 1. The number of likely N-dealkylation sites (N-methyl/N-ethyl adjacent to an activating group) is 1. The smallest absolute Gasteiger partial charge is 0.251 e. The van der Waals surface area contributed by atoms with Crippen molar-refractivity contribution < 1.29 is 22.8 Å². The number of hydrogen-bond acceptors (Lipinski definition) is 5. The van der Waals surface area contributed by atoms with Gasteiger partial charge in [0.1, 0.15) is 23.7 Å². The summed E-state index contributed by atoms with van der Waals surface area (Å²) < 4.78 is 42.6. The number of nitrogens with zero attached hydrogens (tertiary/aromatic N) is 3. The normalized spacial score (nSPS) is 11.6. The quantitative estimate of drug-likeness (QED) is 0.235. The average Bonchev–Trinajstić information content (AvgIpc) is 3.33. The lowest BCUT2D eigenvalue weighted by Gasteiger charge is -2.19. The summed E-state index contributed by atoms with van der Waals surface area (Å²) >= 11 is 0. The molecule has 3 aromatic carbocycles. The first-order valence-corrected chi connectivity index (χ1v) is 13.1. The SMILES string of the molecule is CNC(Cc1cc(F)cc(F)c1)c1ncccc1-c1ccc(F)c(C(N)=O)c1.Cc1cc2cn(CC=O)nc2cc1C. The van der Waals surface area contributed by atoms with Gasteiger partial charge in [0.15, 0.2) is 0 Å². The van der Waals surface area contributed by atoms with Crippen molar-refractivity contribution in [3.8, 4) is 11.1 Å². The highest BCUT2D eigenvalue weighted by molar-refractivity contribution is 5.94. The molecule has 10 heteroatoms. The third-order valence-corrected chi connectivity index (χ3v) is 6.85. The first kappa shape index (κ1) is 30.1. The number of carbonyl (C=O) groups is 2. The third kappa shape index (κ3) is 7.08. The molecule has 0 saturated carbocycles. The Morgan fingerprint density at radius 2 is 1.74 bits per heavy atom. The molecule has 1 atom stereocenters. The van der Waals surface area contributed by atoms with E-state index in [9.17, 15) is 22.8 Å². The van der Waals surface area contributed by atoms with Crippen LogP contribution in [0.5, 0.6) is 0 Å². The molecule has 2 aromatic heterocycles. The maximum absolute atomic E-state index is 13.8. The van der Waals surface area contributed by atoms with Crippen LogP contribution in [0.2, 0.25) is 0 Å². The van der Waals surface area contributed by atoms with Gasteiger partial charge in [-0.15, -0.1) is 0 Å². The van der Waals surface area contributed by atoms with Crippen LogP contribution in [0, 0.1) is 31.3 Å². The molecule has 0 radical (unpaired) electrons. The van der Waals surface area contributed by atoms with Gasteiger partial charge in [-0.1, -0.05) is 12.1 Å². The summed E-state index contributed by atoms with van der Waals surface area (Å²) in [5, 5.41) is 8.47. The van der Waals surface area contributed by atoms with E-state index < -0.39 is 23.4 Å². The summed E-state index contributed by atoms with van der Waals surface area (Å²) in [4.78, 5) is 26.2. The number of pyridine rings is 1. The monoisotopic (exact) mass is 573 g/mol. The molecule has 1 unspecified atom stereocenters. The van der Waals surface area contributed by atoms with E-state index in [2.05, 4.69) is 35.3 Å². The number of nitrogens with one attached hydrogen (secondary N) is 1. The van der Waals surface area contributed by atoms with Gasteiger partial charge in [0, 0.05) is 29.4 Å². The predicted octanol–water partition coefficient (Wildman–Crippen LogP) is 5.62. The van der Waals surface area contributed by atoms with E-state index in [1.165, 1.54) is 41.5 Å². The van der Waals surface area contributed by atoms with Gasteiger partial charge in [-0.25, -0.2) is 13.2 Å². The maximum Gasteiger partial charge on any atom is 0.251 e. The Bertz CT molecular complexity index is 1690. The van der Waals surface area contributed by atoms with Crippen molar-refractivity contribution in [3.63, 3.8) is 0 Å². The fraction of sp³-hybridized carbons (Fsp3) is 0.188. The summed E-state index contributed by atoms with van der Waals surface area (Å²) in [6, 6.07) is 14.7. The van der Waals surface area contributed by atoms with Crippen molar-refractivity contribution in [2.75, 3.05) is 7.05 Å². The first-order chi connectivity index (χ1) is 20.1. The third-order valence-electron chi connectivity index (χ3n) is 6.85. The molecule has 3 N–H and O–H groups in total. The van der Waals surface area contributed by atoms with Crippen molar-refractivity contribution in [1.82, 2.24) is 20.1 Å². The van der Waals surface area contributed by atoms with Crippen LogP contribution in [0.3, 0.4) is 0 Å². The molecule has 0 aliphatic rings. The van der Waals surface area contributed by atoms with Crippen molar-refractivity contribution in [2.45, 2.75) is 32.9 Å². The Kier molecular flexibility index (Phi) is 9.49. The molecule has 0 fully saturated rings. The highest BCUT2D eigenvalue weighted by Gasteiger charge is 2.19. The topological polar surface area (TPSA) is 103 Å². The van der Waals surface area contributed by atoms with Crippen LogP contribution in [0.25, 0.3) is 22.0 Å². The van der Waals surface area contributed by atoms with Gasteiger partial charge in [0.25, 0.3) is 5.91 Å². The van der Waals surface area contributed by atoms with E-state index in [1.807, 2.05) is 12.3 Å². The minimum atomic E-state index is -0.870. The molecule has 216 valence electrons. The lowest BCUT2D eigenvalue weighted by Crippen LogP contribution is -2.21. The number of nitrogens with two attached hydrogens (primary N) is 1. The van der Waals surface area contributed by atoms with Gasteiger partial charge in [0.2, 0.25) is 0 Å². The van der Waals surface area contributed by atoms with Crippen LogP contribution in [0.1, 0.15) is 38.8 Å². The van der Waals surface area contributed by atoms with Gasteiger partial charge >= 0.3 is 0 Å².